The molecule has 0 atom stereocenters. The highest BCUT2D eigenvalue weighted by atomic mass is 32.2. The summed E-state index contributed by atoms with van der Waals surface area (Å²) in [7, 11) is 0. The molecule has 0 saturated heterocycles. The van der Waals surface area contributed by atoms with Gasteiger partial charge in [0.1, 0.15) is 5.82 Å². The molecule has 0 spiro atoms. The van der Waals surface area contributed by atoms with E-state index in [-0.39, 0.29) is 5.91 Å². The molecule has 5 nitrogen and oxygen atoms in total. The molecule has 1 amide bonds. The van der Waals surface area contributed by atoms with Gasteiger partial charge in [-0.2, -0.15) is 5.10 Å². The maximum atomic E-state index is 12.9. The van der Waals surface area contributed by atoms with Crippen molar-refractivity contribution in [2.75, 3.05) is 5.75 Å². The Morgan fingerprint density at radius 2 is 1.75 bits per heavy atom. The third-order valence-corrected chi connectivity index (χ3v) is 6.99. The van der Waals surface area contributed by atoms with Crippen molar-refractivity contribution in [3.05, 3.63) is 101 Å². The first-order valence-electron chi connectivity index (χ1n) is 10.8. The van der Waals surface area contributed by atoms with Gasteiger partial charge in [0.15, 0.2) is 0 Å². The Morgan fingerprint density at radius 1 is 0.969 bits per heavy atom. The van der Waals surface area contributed by atoms with E-state index in [1.807, 2.05) is 52.3 Å². The van der Waals surface area contributed by atoms with Crippen LogP contribution in [-0.2, 0) is 23.6 Å². The third kappa shape index (κ3) is 3.98. The van der Waals surface area contributed by atoms with E-state index in [0.717, 1.165) is 28.5 Å². The summed E-state index contributed by atoms with van der Waals surface area (Å²) in [4.78, 5) is 14.8. The molecular weight excluding hydrogens is 416 g/mol. The number of carbonyl (C=O) groups excluding carboxylic acids is 1. The lowest BCUT2D eigenvalue weighted by Gasteiger charge is -2.17. The van der Waals surface area contributed by atoms with Crippen molar-refractivity contribution in [1.29, 1.82) is 0 Å². The quantitative estimate of drug-likeness (QED) is 0.419. The Hall–Kier alpha value is -3.25. The van der Waals surface area contributed by atoms with Gasteiger partial charge in [-0.3, -0.25) is 4.79 Å². The van der Waals surface area contributed by atoms with Crippen LogP contribution in [0.25, 0.3) is 11.5 Å². The van der Waals surface area contributed by atoms with Crippen LogP contribution in [0.15, 0.2) is 73.1 Å². The van der Waals surface area contributed by atoms with Crippen molar-refractivity contribution < 1.29 is 4.79 Å². The molecule has 0 bridgehead atoms. The second kappa shape index (κ2) is 8.71. The molecule has 0 unspecified atom stereocenters. The highest BCUT2D eigenvalue weighted by Crippen LogP contribution is 2.31. The second-order valence-corrected chi connectivity index (χ2v) is 9.23. The standard InChI is InChI=1S/C26H26N4OS/c1-19-10-11-22(14-20(19)2)30-26(28-12-6-7-13-28)23-15-29(16-24(23)27-30)25(31)18-32-17-21-8-4-3-5-9-21/h3-14H,15-18H2,1-2H3. The largest absolute Gasteiger partial charge is 0.331 e. The summed E-state index contributed by atoms with van der Waals surface area (Å²) in [6, 6.07) is 20.7. The Bertz CT molecular complexity index is 1240. The van der Waals surface area contributed by atoms with Gasteiger partial charge < -0.3 is 9.47 Å². The van der Waals surface area contributed by atoms with Crippen LogP contribution >= 0.6 is 11.8 Å². The van der Waals surface area contributed by atoms with Crippen LogP contribution in [0.3, 0.4) is 0 Å². The minimum atomic E-state index is 0.167. The molecular formula is C26H26N4OS. The lowest BCUT2D eigenvalue weighted by molar-refractivity contribution is -0.128. The van der Waals surface area contributed by atoms with Gasteiger partial charge >= 0.3 is 0 Å². The summed E-state index contributed by atoms with van der Waals surface area (Å²) in [5.41, 5.74) is 6.90. The van der Waals surface area contributed by atoms with Crippen LogP contribution in [0.1, 0.15) is 27.9 Å². The number of hydrogen-bond acceptors (Lipinski definition) is 3. The number of fused-ring (bicyclic) bond motifs is 1. The van der Waals surface area contributed by atoms with Crippen LogP contribution in [0.5, 0.6) is 0 Å². The maximum Gasteiger partial charge on any atom is 0.233 e. The van der Waals surface area contributed by atoms with E-state index in [4.69, 9.17) is 5.10 Å². The van der Waals surface area contributed by atoms with Crippen LogP contribution in [0.4, 0.5) is 0 Å². The molecule has 0 N–H and O–H groups in total. The van der Waals surface area contributed by atoms with Gasteiger partial charge in [-0.15, -0.1) is 11.8 Å². The smallest absolute Gasteiger partial charge is 0.233 e. The van der Waals surface area contributed by atoms with Gasteiger partial charge in [-0.25, -0.2) is 4.68 Å². The number of rotatable bonds is 6. The number of aromatic nitrogens is 3. The zero-order valence-electron chi connectivity index (χ0n) is 18.4. The fraction of sp³-hybridized carbons (Fsp3) is 0.231. The van der Waals surface area contributed by atoms with Crippen LogP contribution in [0, 0.1) is 13.8 Å². The molecule has 3 heterocycles. The fourth-order valence-corrected chi connectivity index (χ4v) is 4.97. The highest BCUT2D eigenvalue weighted by Gasteiger charge is 2.31. The summed E-state index contributed by atoms with van der Waals surface area (Å²) < 4.78 is 4.11. The molecule has 4 aromatic rings. The SMILES string of the molecule is Cc1ccc(-n2nc3c(c2-n2cccc2)CN(C(=O)CSCc2ccccc2)C3)cc1C. The van der Waals surface area contributed by atoms with Gasteiger partial charge in [0.2, 0.25) is 5.91 Å². The summed E-state index contributed by atoms with van der Waals surface area (Å²) in [6.45, 7) is 5.40. The number of benzene rings is 2. The Morgan fingerprint density at radius 3 is 2.50 bits per heavy atom. The predicted octanol–water partition coefficient (Wildman–Crippen LogP) is 5.06. The van der Waals surface area contributed by atoms with Crippen molar-refractivity contribution in [2.45, 2.75) is 32.7 Å². The molecule has 0 saturated carbocycles. The minimum absolute atomic E-state index is 0.167. The van der Waals surface area contributed by atoms with Gasteiger partial charge in [0, 0.05) is 23.7 Å². The Labute approximate surface area is 192 Å². The molecule has 0 radical (unpaired) electrons. The van der Waals surface area contributed by atoms with Crippen molar-refractivity contribution in [3.8, 4) is 11.5 Å². The molecule has 162 valence electrons. The first-order valence-corrected chi connectivity index (χ1v) is 12.0. The van der Waals surface area contributed by atoms with Gasteiger partial charge in [0.05, 0.1) is 30.2 Å². The summed E-state index contributed by atoms with van der Waals surface area (Å²) in [5, 5.41) is 4.94. The van der Waals surface area contributed by atoms with Crippen molar-refractivity contribution in [3.63, 3.8) is 0 Å². The van der Waals surface area contributed by atoms with Crippen LogP contribution in [-0.4, -0.2) is 30.9 Å². The third-order valence-electron chi connectivity index (χ3n) is 6.00. The molecule has 6 heteroatoms. The zero-order valence-corrected chi connectivity index (χ0v) is 19.2. The summed E-state index contributed by atoms with van der Waals surface area (Å²) >= 11 is 1.67. The van der Waals surface area contributed by atoms with Crippen molar-refractivity contribution in [1.82, 2.24) is 19.2 Å². The van der Waals surface area contributed by atoms with Gasteiger partial charge in [-0.05, 0) is 54.8 Å². The van der Waals surface area contributed by atoms with E-state index in [1.54, 1.807) is 11.8 Å². The van der Waals surface area contributed by atoms with Crippen LogP contribution in [0.2, 0.25) is 0 Å². The lowest BCUT2D eigenvalue weighted by Crippen LogP contribution is -2.28. The second-order valence-electron chi connectivity index (χ2n) is 8.25. The Kier molecular flexibility index (Phi) is 5.62. The zero-order chi connectivity index (χ0) is 22.1. The van der Waals surface area contributed by atoms with E-state index in [9.17, 15) is 4.79 Å². The highest BCUT2D eigenvalue weighted by molar-refractivity contribution is 7.99. The summed E-state index contributed by atoms with van der Waals surface area (Å²) in [6.07, 6.45) is 4.07. The average molecular weight is 443 g/mol. The molecule has 5 rings (SSSR count). The number of carbonyl (C=O) groups is 1. The molecule has 2 aromatic carbocycles. The van der Waals surface area contributed by atoms with E-state index in [2.05, 4.69) is 48.7 Å². The number of nitrogens with zero attached hydrogens (tertiary/aromatic N) is 4. The van der Waals surface area contributed by atoms with Crippen molar-refractivity contribution >= 4 is 17.7 Å². The molecule has 0 fully saturated rings. The lowest BCUT2D eigenvalue weighted by atomic mass is 10.1. The fourth-order valence-electron chi connectivity index (χ4n) is 4.08. The van der Waals surface area contributed by atoms with Crippen molar-refractivity contribution in [2.24, 2.45) is 0 Å². The molecule has 1 aliphatic heterocycles. The summed E-state index contributed by atoms with van der Waals surface area (Å²) in [5.74, 6) is 2.51. The topological polar surface area (TPSA) is 43.1 Å². The first kappa shape index (κ1) is 20.6. The number of amides is 1. The van der Waals surface area contributed by atoms with E-state index >= 15 is 0 Å². The Balaban J connectivity index is 1.36. The average Bonchev–Trinajstić information content (AvgIpc) is 3.52. The van der Waals surface area contributed by atoms with E-state index < -0.39 is 0 Å². The predicted molar refractivity (Wildman–Crippen MR) is 129 cm³/mol. The van der Waals surface area contributed by atoms with Gasteiger partial charge in [0.25, 0.3) is 0 Å². The normalized spacial score (nSPS) is 12.9. The number of hydrogen-bond donors (Lipinski definition) is 0. The number of aryl methyl sites for hydroxylation is 2. The maximum absolute atomic E-state index is 12.9. The molecule has 1 aliphatic rings. The van der Waals surface area contributed by atoms with Gasteiger partial charge in [-0.1, -0.05) is 36.4 Å². The van der Waals surface area contributed by atoms with E-state index in [0.29, 0.717) is 18.8 Å². The first-order chi connectivity index (χ1) is 15.6. The molecule has 0 aliphatic carbocycles. The van der Waals surface area contributed by atoms with E-state index in [1.165, 1.54) is 16.7 Å². The molecule has 32 heavy (non-hydrogen) atoms. The minimum Gasteiger partial charge on any atom is -0.331 e. The molecule has 2 aromatic heterocycles. The van der Waals surface area contributed by atoms with Crippen LogP contribution < -0.4 is 0 Å². The number of thioether (sulfide) groups is 1. The monoisotopic (exact) mass is 442 g/mol.